The van der Waals surface area contributed by atoms with Gasteiger partial charge in [0.15, 0.2) is 16.6 Å². The molecule has 0 aliphatic rings. The molecule has 0 radical (unpaired) electrons. The summed E-state index contributed by atoms with van der Waals surface area (Å²) in [7, 11) is 0. The summed E-state index contributed by atoms with van der Waals surface area (Å²) < 4.78 is 22.7. The quantitative estimate of drug-likeness (QED) is 0.372. The summed E-state index contributed by atoms with van der Waals surface area (Å²) >= 11 is 1.43. The molecule has 0 aliphatic carbocycles. The Morgan fingerprint density at radius 1 is 0.879 bits per heavy atom. The molecule has 0 unspecified atom stereocenters. The van der Waals surface area contributed by atoms with E-state index in [9.17, 15) is 4.79 Å². The van der Waals surface area contributed by atoms with Gasteiger partial charge in [-0.3, -0.25) is 10.1 Å². The monoisotopic (exact) mass is 470 g/mol. The average Bonchev–Trinajstić information content (AvgIpc) is 3.16. The van der Waals surface area contributed by atoms with Crippen molar-refractivity contribution in [1.29, 1.82) is 0 Å². The summed E-state index contributed by atoms with van der Waals surface area (Å²) in [5.41, 5.74) is 2.20. The van der Waals surface area contributed by atoms with E-state index in [0.29, 0.717) is 54.4 Å². The van der Waals surface area contributed by atoms with Gasteiger partial charge in [0.2, 0.25) is 5.75 Å². The lowest BCUT2D eigenvalue weighted by Crippen LogP contribution is -2.13. The highest BCUT2D eigenvalue weighted by atomic mass is 32.1. The van der Waals surface area contributed by atoms with Crippen LogP contribution in [0, 0.1) is 6.92 Å². The largest absolute Gasteiger partial charge is 0.494 e. The van der Waals surface area contributed by atoms with E-state index in [1.807, 2.05) is 58.9 Å². The Morgan fingerprint density at radius 3 is 2.00 bits per heavy atom. The molecule has 1 N–H and O–H groups in total. The second-order valence-electron chi connectivity index (χ2n) is 6.94. The van der Waals surface area contributed by atoms with Gasteiger partial charge in [0, 0.05) is 16.0 Å². The number of rotatable bonds is 11. The van der Waals surface area contributed by atoms with Crippen LogP contribution in [0.1, 0.15) is 42.9 Å². The van der Waals surface area contributed by atoms with Crippen LogP contribution in [-0.4, -0.2) is 37.3 Å². The fourth-order valence-corrected chi connectivity index (χ4v) is 4.11. The Balaban J connectivity index is 1.85. The molecular formula is C25H30N2O5S. The molecule has 0 fully saturated rings. The first-order chi connectivity index (χ1) is 16.0. The van der Waals surface area contributed by atoms with Crippen LogP contribution < -0.4 is 24.3 Å². The van der Waals surface area contributed by atoms with E-state index in [0.717, 1.165) is 21.9 Å². The molecule has 0 saturated heterocycles. The van der Waals surface area contributed by atoms with Crippen molar-refractivity contribution in [2.45, 2.75) is 34.6 Å². The van der Waals surface area contributed by atoms with Gasteiger partial charge >= 0.3 is 0 Å². The van der Waals surface area contributed by atoms with Crippen molar-refractivity contribution in [3.8, 4) is 34.3 Å². The number of carbonyl (C=O) groups is 1. The van der Waals surface area contributed by atoms with E-state index >= 15 is 0 Å². The number of nitrogens with zero attached hydrogens (tertiary/aromatic N) is 1. The molecule has 1 heterocycles. The SMILES string of the molecule is CCOc1ccc(-c2nc(NC(=O)c3cc(OCC)c(OCC)c(OCC)c3)sc2C)cc1. The van der Waals surface area contributed by atoms with Crippen LogP contribution in [0.4, 0.5) is 5.13 Å². The van der Waals surface area contributed by atoms with Gasteiger partial charge in [-0.05, 0) is 71.0 Å². The Labute approximate surface area is 198 Å². The summed E-state index contributed by atoms with van der Waals surface area (Å²) in [5, 5.41) is 3.42. The third-order valence-corrected chi connectivity index (χ3v) is 5.51. The van der Waals surface area contributed by atoms with Gasteiger partial charge in [-0.1, -0.05) is 0 Å². The number of carbonyl (C=O) groups excluding carboxylic acids is 1. The van der Waals surface area contributed by atoms with Crippen molar-refractivity contribution in [1.82, 2.24) is 4.98 Å². The van der Waals surface area contributed by atoms with Crippen LogP contribution in [0.5, 0.6) is 23.0 Å². The molecule has 7 nitrogen and oxygen atoms in total. The maximum Gasteiger partial charge on any atom is 0.257 e. The average molecular weight is 471 g/mol. The third kappa shape index (κ3) is 5.96. The number of amides is 1. The Bertz CT molecular complexity index is 1050. The maximum atomic E-state index is 13.1. The number of anilines is 1. The number of aryl methyl sites for hydroxylation is 1. The van der Waals surface area contributed by atoms with Crippen LogP contribution in [-0.2, 0) is 0 Å². The summed E-state index contributed by atoms with van der Waals surface area (Å²) in [6, 6.07) is 11.1. The number of ether oxygens (including phenoxy) is 4. The first-order valence-corrected chi connectivity index (χ1v) is 11.9. The highest BCUT2D eigenvalue weighted by Crippen LogP contribution is 2.39. The Morgan fingerprint density at radius 2 is 1.45 bits per heavy atom. The third-order valence-electron chi connectivity index (χ3n) is 4.63. The van der Waals surface area contributed by atoms with Crippen molar-refractivity contribution in [3.63, 3.8) is 0 Å². The molecular weight excluding hydrogens is 440 g/mol. The van der Waals surface area contributed by atoms with Crippen molar-refractivity contribution in [2.24, 2.45) is 0 Å². The molecule has 3 aromatic rings. The number of hydrogen-bond acceptors (Lipinski definition) is 7. The Hall–Kier alpha value is -3.26. The second-order valence-corrected chi connectivity index (χ2v) is 8.14. The fraction of sp³-hybridized carbons (Fsp3) is 0.360. The number of nitrogens with one attached hydrogen (secondary N) is 1. The van der Waals surface area contributed by atoms with E-state index in [4.69, 9.17) is 18.9 Å². The predicted octanol–water partition coefficient (Wildman–Crippen LogP) is 5.97. The lowest BCUT2D eigenvalue weighted by Gasteiger charge is -2.16. The molecule has 8 heteroatoms. The van der Waals surface area contributed by atoms with Gasteiger partial charge in [0.1, 0.15) is 5.75 Å². The number of benzene rings is 2. The van der Waals surface area contributed by atoms with Gasteiger partial charge in [-0.15, -0.1) is 11.3 Å². The number of aromatic nitrogens is 1. The highest BCUT2D eigenvalue weighted by Gasteiger charge is 2.20. The highest BCUT2D eigenvalue weighted by molar-refractivity contribution is 7.16. The lowest BCUT2D eigenvalue weighted by molar-refractivity contribution is 0.102. The smallest absolute Gasteiger partial charge is 0.257 e. The summed E-state index contributed by atoms with van der Waals surface area (Å²) in [4.78, 5) is 18.7. The van der Waals surface area contributed by atoms with Crippen molar-refractivity contribution in [3.05, 3.63) is 46.8 Å². The first-order valence-electron chi connectivity index (χ1n) is 11.1. The minimum atomic E-state index is -0.299. The standard InChI is InChI=1S/C25H30N2O5S/c1-6-29-19-12-10-17(11-13-19)22-16(5)33-25(26-22)27-24(28)18-14-20(30-7-2)23(32-9-4)21(15-18)31-8-3/h10-15H,6-9H2,1-5H3,(H,26,27,28). The zero-order valence-electron chi connectivity index (χ0n) is 19.7. The Kier molecular flexibility index (Phi) is 8.54. The zero-order chi connectivity index (χ0) is 23.8. The number of thiazole rings is 1. The van der Waals surface area contributed by atoms with Crippen LogP contribution in [0.25, 0.3) is 11.3 Å². The van der Waals surface area contributed by atoms with E-state index in [1.54, 1.807) is 12.1 Å². The van der Waals surface area contributed by atoms with E-state index < -0.39 is 0 Å². The maximum absolute atomic E-state index is 13.1. The van der Waals surface area contributed by atoms with Gasteiger partial charge < -0.3 is 18.9 Å². The molecule has 0 spiro atoms. The van der Waals surface area contributed by atoms with Crippen LogP contribution in [0.3, 0.4) is 0 Å². The number of hydrogen-bond donors (Lipinski definition) is 1. The molecule has 0 atom stereocenters. The summed E-state index contributed by atoms with van der Waals surface area (Å²) in [5.74, 6) is 1.96. The van der Waals surface area contributed by atoms with Crippen LogP contribution >= 0.6 is 11.3 Å². The van der Waals surface area contributed by atoms with Gasteiger partial charge in [-0.25, -0.2) is 4.98 Å². The summed E-state index contributed by atoms with van der Waals surface area (Å²) in [6.45, 7) is 11.5. The topological polar surface area (TPSA) is 78.9 Å². The predicted molar refractivity (Wildman–Crippen MR) is 131 cm³/mol. The molecule has 176 valence electrons. The van der Waals surface area contributed by atoms with E-state index in [1.165, 1.54) is 11.3 Å². The minimum Gasteiger partial charge on any atom is -0.494 e. The minimum absolute atomic E-state index is 0.299. The zero-order valence-corrected chi connectivity index (χ0v) is 20.5. The first kappa shape index (κ1) is 24.4. The lowest BCUT2D eigenvalue weighted by atomic mass is 10.1. The van der Waals surface area contributed by atoms with E-state index in [2.05, 4.69) is 10.3 Å². The van der Waals surface area contributed by atoms with Gasteiger partial charge in [0.05, 0.1) is 32.1 Å². The molecule has 0 bridgehead atoms. The van der Waals surface area contributed by atoms with E-state index in [-0.39, 0.29) is 5.91 Å². The normalized spacial score (nSPS) is 10.6. The molecule has 3 rings (SSSR count). The van der Waals surface area contributed by atoms with Gasteiger partial charge in [-0.2, -0.15) is 0 Å². The van der Waals surface area contributed by atoms with Crippen molar-refractivity contribution < 1.29 is 23.7 Å². The molecule has 33 heavy (non-hydrogen) atoms. The molecule has 0 aliphatic heterocycles. The summed E-state index contributed by atoms with van der Waals surface area (Å²) in [6.07, 6.45) is 0. The van der Waals surface area contributed by atoms with Gasteiger partial charge in [0.25, 0.3) is 5.91 Å². The second kappa shape index (κ2) is 11.6. The molecule has 0 saturated carbocycles. The van der Waals surface area contributed by atoms with Crippen molar-refractivity contribution >= 4 is 22.4 Å². The van der Waals surface area contributed by atoms with Crippen molar-refractivity contribution in [2.75, 3.05) is 31.7 Å². The molecule has 1 aromatic heterocycles. The van der Waals surface area contributed by atoms with Crippen LogP contribution in [0.2, 0.25) is 0 Å². The fourth-order valence-electron chi connectivity index (χ4n) is 3.28. The van der Waals surface area contributed by atoms with Crippen LogP contribution in [0.15, 0.2) is 36.4 Å². The molecule has 2 aromatic carbocycles. The molecule has 1 amide bonds.